The molecule has 0 amide bonds. The molecule has 0 aliphatic heterocycles. The van der Waals surface area contributed by atoms with E-state index < -0.39 is 0 Å². The van der Waals surface area contributed by atoms with Gasteiger partial charge in [-0.05, 0) is 14.0 Å². The highest BCUT2D eigenvalue weighted by Crippen LogP contribution is 2.24. The van der Waals surface area contributed by atoms with Crippen molar-refractivity contribution in [1.82, 2.24) is 25.1 Å². The third kappa shape index (κ3) is 2.52. The summed E-state index contributed by atoms with van der Waals surface area (Å²) in [6, 6.07) is 0.0750. The van der Waals surface area contributed by atoms with Crippen LogP contribution in [0.5, 0.6) is 0 Å². The maximum atomic E-state index is 6.26. The van der Waals surface area contributed by atoms with Crippen molar-refractivity contribution in [3.63, 3.8) is 0 Å². The Hall–Kier alpha value is -1.46. The van der Waals surface area contributed by atoms with Crippen LogP contribution in [0.4, 0.5) is 0 Å². The van der Waals surface area contributed by atoms with E-state index in [1.165, 1.54) is 0 Å². The van der Waals surface area contributed by atoms with Crippen LogP contribution in [0.2, 0.25) is 5.02 Å². The molecule has 0 aliphatic carbocycles. The van der Waals surface area contributed by atoms with Crippen LogP contribution in [0.25, 0.3) is 0 Å². The van der Waals surface area contributed by atoms with Crippen LogP contribution in [0.3, 0.4) is 0 Å². The van der Waals surface area contributed by atoms with Gasteiger partial charge in [-0.15, -0.1) is 0 Å². The lowest BCUT2D eigenvalue weighted by Crippen LogP contribution is -2.21. The highest BCUT2D eigenvalue weighted by Gasteiger charge is 2.18. The molecule has 2 heterocycles. The van der Waals surface area contributed by atoms with Crippen LogP contribution in [-0.2, 0) is 13.5 Å². The van der Waals surface area contributed by atoms with Gasteiger partial charge in [0.25, 0.3) is 0 Å². The van der Waals surface area contributed by atoms with E-state index in [1.807, 2.05) is 25.7 Å². The van der Waals surface area contributed by atoms with Crippen LogP contribution < -0.4 is 5.32 Å². The Balaban J connectivity index is 2.26. The van der Waals surface area contributed by atoms with Gasteiger partial charge >= 0.3 is 0 Å². The molecule has 18 heavy (non-hydrogen) atoms. The number of hydrogen-bond donors (Lipinski definition) is 1. The second-order valence-electron chi connectivity index (χ2n) is 4.15. The lowest BCUT2D eigenvalue weighted by atomic mass is 10.1. The molecule has 0 bridgehead atoms. The monoisotopic (exact) mass is 265 g/mol. The summed E-state index contributed by atoms with van der Waals surface area (Å²) in [6.45, 7) is 1.91. The molecule has 1 unspecified atom stereocenters. The van der Waals surface area contributed by atoms with Crippen molar-refractivity contribution in [2.24, 2.45) is 7.05 Å². The first-order valence-electron chi connectivity index (χ1n) is 5.74. The van der Waals surface area contributed by atoms with Gasteiger partial charge in [0, 0.05) is 32.1 Å². The quantitative estimate of drug-likeness (QED) is 0.914. The third-order valence-electron chi connectivity index (χ3n) is 2.95. The fraction of sp³-hybridized carbons (Fsp3) is 0.417. The maximum absolute atomic E-state index is 6.26. The second kappa shape index (κ2) is 5.46. The zero-order valence-corrected chi connectivity index (χ0v) is 11.4. The Morgan fingerprint density at radius 3 is 2.72 bits per heavy atom. The van der Waals surface area contributed by atoms with Gasteiger partial charge in [0.2, 0.25) is 0 Å². The smallest absolute Gasteiger partial charge is 0.0847 e. The molecule has 0 saturated heterocycles. The summed E-state index contributed by atoms with van der Waals surface area (Å²) >= 11 is 6.26. The van der Waals surface area contributed by atoms with Crippen molar-refractivity contribution in [3.05, 3.63) is 40.7 Å². The molecule has 0 radical (unpaired) electrons. The van der Waals surface area contributed by atoms with Crippen LogP contribution in [0.1, 0.15) is 23.1 Å². The summed E-state index contributed by atoms with van der Waals surface area (Å²) in [5.41, 5.74) is 2.75. The van der Waals surface area contributed by atoms with E-state index in [0.29, 0.717) is 0 Å². The van der Waals surface area contributed by atoms with E-state index in [4.69, 9.17) is 11.6 Å². The predicted octanol–water partition coefficient (Wildman–Crippen LogP) is 1.68. The van der Waals surface area contributed by atoms with Crippen LogP contribution in [-0.4, -0.2) is 26.8 Å². The van der Waals surface area contributed by atoms with E-state index in [9.17, 15) is 0 Å². The highest BCUT2D eigenvalue weighted by molar-refractivity contribution is 6.31. The number of nitrogens with zero attached hydrogens (tertiary/aromatic N) is 4. The van der Waals surface area contributed by atoms with Gasteiger partial charge in [-0.25, -0.2) is 0 Å². The minimum absolute atomic E-state index is 0.0750. The number of likely N-dealkylation sites (N-methyl/N-ethyl adjacent to an activating group) is 1. The topological polar surface area (TPSA) is 55.6 Å². The van der Waals surface area contributed by atoms with E-state index >= 15 is 0 Å². The zero-order valence-electron chi connectivity index (χ0n) is 10.7. The number of aryl methyl sites for hydroxylation is 2. The standard InChI is InChI=1S/C12H16ClN5/c1-8-12(13)11(18(3)17-8)6-9(14-2)10-7-15-4-5-16-10/h4-5,7,9,14H,6H2,1-3H3. The number of nitrogens with one attached hydrogen (secondary N) is 1. The molecular formula is C12H16ClN5. The zero-order chi connectivity index (χ0) is 13.1. The molecule has 0 saturated carbocycles. The summed E-state index contributed by atoms with van der Waals surface area (Å²) in [5, 5.41) is 8.26. The molecule has 0 fully saturated rings. The summed E-state index contributed by atoms with van der Waals surface area (Å²) in [6.07, 6.45) is 5.84. The first-order chi connectivity index (χ1) is 8.63. The first kappa shape index (κ1) is 13.0. The molecule has 0 spiro atoms. The molecular weight excluding hydrogens is 250 g/mol. The summed E-state index contributed by atoms with van der Waals surface area (Å²) in [5.74, 6) is 0. The summed E-state index contributed by atoms with van der Waals surface area (Å²) in [7, 11) is 3.80. The van der Waals surface area contributed by atoms with Crippen LogP contribution in [0.15, 0.2) is 18.6 Å². The van der Waals surface area contributed by atoms with Gasteiger partial charge in [0.15, 0.2) is 0 Å². The number of rotatable bonds is 4. The van der Waals surface area contributed by atoms with Crippen molar-refractivity contribution in [3.8, 4) is 0 Å². The molecule has 6 heteroatoms. The Morgan fingerprint density at radius 1 is 1.44 bits per heavy atom. The molecule has 96 valence electrons. The molecule has 2 aromatic heterocycles. The van der Waals surface area contributed by atoms with Gasteiger partial charge in [-0.2, -0.15) is 5.10 Å². The van der Waals surface area contributed by atoms with Gasteiger partial charge in [0.1, 0.15) is 0 Å². The molecule has 2 rings (SSSR count). The van der Waals surface area contributed by atoms with Crippen molar-refractivity contribution in [1.29, 1.82) is 0 Å². The van der Waals surface area contributed by atoms with E-state index in [-0.39, 0.29) is 6.04 Å². The van der Waals surface area contributed by atoms with Gasteiger partial charge in [-0.1, -0.05) is 11.6 Å². The van der Waals surface area contributed by atoms with Gasteiger partial charge < -0.3 is 5.32 Å². The third-order valence-corrected chi connectivity index (χ3v) is 3.44. The average Bonchev–Trinajstić information content (AvgIpc) is 2.62. The summed E-state index contributed by atoms with van der Waals surface area (Å²) in [4.78, 5) is 8.40. The highest BCUT2D eigenvalue weighted by atomic mass is 35.5. The number of aromatic nitrogens is 4. The van der Waals surface area contributed by atoms with Crippen LogP contribution in [0, 0.1) is 6.92 Å². The Labute approximate surface area is 111 Å². The molecule has 0 aliphatic rings. The molecule has 1 N–H and O–H groups in total. The number of hydrogen-bond acceptors (Lipinski definition) is 4. The number of halogens is 1. The van der Waals surface area contributed by atoms with Crippen molar-refractivity contribution < 1.29 is 0 Å². The van der Waals surface area contributed by atoms with Crippen molar-refractivity contribution in [2.45, 2.75) is 19.4 Å². The van der Waals surface area contributed by atoms with E-state index in [1.54, 1.807) is 18.6 Å². The minimum atomic E-state index is 0.0750. The van der Waals surface area contributed by atoms with E-state index in [0.717, 1.165) is 28.5 Å². The lowest BCUT2D eigenvalue weighted by Gasteiger charge is -2.15. The Kier molecular flexibility index (Phi) is 3.93. The summed E-state index contributed by atoms with van der Waals surface area (Å²) < 4.78 is 1.82. The fourth-order valence-electron chi connectivity index (χ4n) is 1.94. The largest absolute Gasteiger partial charge is 0.311 e. The normalized spacial score (nSPS) is 12.7. The Bertz CT molecular complexity index is 523. The molecule has 0 aromatic carbocycles. The van der Waals surface area contributed by atoms with Gasteiger partial charge in [-0.3, -0.25) is 14.6 Å². The minimum Gasteiger partial charge on any atom is -0.311 e. The van der Waals surface area contributed by atoms with Crippen molar-refractivity contribution in [2.75, 3.05) is 7.05 Å². The molecule has 1 atom stereocenters. The maximum Gasteiger partial charge on any atom is 0.0847 e. The molecule has 2 aromatic rings. The fourth-order valence-corrected chi connectivity index (χ4v) is 2.18. The van der Waals surface area contributed by atoms with Crippen LogP contribution >= 0.6 is 11.6 Å². The average molecular weight is 266 g/mol. The Morgan fingerprint density at radius 2 is 2.22 bits per heavy atom. The lowest BCUT2D eigenvalue weighted by molar-refractivity contribution is 0.547. The molecule has 5 nitrogen and oxygen atoms in total. The second-order valence-corrected chi connectivity index (χ2v) is 4.52. The van der Waals surface area contributed by atoms with Gasteiger partial charge in [0.05, 0.1) is 28.1 Å². The first-order valence-corrected chi connectivity index (χ1v) is 6.12. The van der Waals surface area contributed by atoms with E-state index in [2.05, 4.69) is 20.4 Å². The van der Waals surface area contributed by atoms with Crippen molar-refractivity contribution >= 4 is 11.6 Å². The SMILES string of the molecule is CNC(Cc1c(Cl)c(C)nn1C)c1cnccn1. The predicted molar refractivity (Wildman–Crippen MR) is 70.5 cm³/mol.